The van der Waals surface area contributed by atoms with Crippen LogP contribution in [0.3, 0.4) is 0 Å². The third-order valence-electron chi connectivity index (χ3n) is 7.74. The van der Waals surface area contributed by atoms with Gasteiger partial charge in [-0.15, -0.1) is 0 Å². The molecule has 0 amide bonds. The quantitative estimate of drug-likeness (QED) is 0.201. The van der Waals surface area contributed by atoms with Gasteiger partial charge in [0, 0.05) is 35.9 Å². The summed E-state index contributed by atoms with van der Waals surface area (Å²) < 4.78 is 19.0. The number of aliphatic imine (C=N–C) groups is 1. The number of piperidine rings is 1. The molecule has 1 unspecified atom stereocenters. The number of benzene rings is 2. The van der Waals surface area contributed by atoms with Crippen molar-refractivity contribution in [1.82, 2.24) is 15.1 Å². The van der Waals surface area contributed by atoms with Crippen molar-refractivity contribution in [3.63, 3.8) is 0 Å². The van der Waals surface area contributed by atoms with E-state index in [-0.39, 0.29) is 0 Å². The van der Waals surface area contributed by atoms with E-state index in [1.807, 2.05) is 30.3 Å². The average Bonchev–Trinajstić information content (AvgIpc) is 2.94. The second-order valence-corrected chi connectivity index (χ2v) is 14.8. The van der Waals surface area contributed by atoms with Crippen molar-refractivity contribution in [2.45, 2.75) is 52.4 Å². The maximum atomic E-state index is 12.8. The van der Waals surface area contributed by atoms with Crippen LogP contribution in [-0.2, 0) is 4.57 Å². The Hall–Kier alpha value is -2.51. The molecule has 0 spiro atoms. The molecule has 2 aliphatic rings. The Morgan fingerprint density at radius 1 is 1.17 bits per heavy atom. The van der Waals surface area contributed by atoms with Gasteiger partial charge in [-0.25, -0.2) is 4.99 Å². The lowest BCUT2D eigenvalue weighted by Gasteiger charge is -2.37. The summed E-state index contributed by atoms with van der Waals surface area (Å²) in [4.78, 5) is 9.67. The Kier molecular flexibility index (Phi) is 11.2. The molecule has 0 aromatic heterocycles. The standard InChI is InChI=1S/C31H46ClN6O2P/c1-6-37-16-13-25(14-17-37)38(7-2)15-10-18-40-26-20-23(3)19-24(21-26)34-31-33-22-27(32)30(36-31)35-28-11-8-9-12-29(28)41(4,5)39/h8-9,11-12,19-22,25,31,34-36H,6-7,10,13-18H2,1-5H3. The molecule has 0 aliphatic carbocycles. The highest BCUT2D eigenvalue weighted by Crippen LogP contribution is 2.38. The van der Waals surface area contributed by atoms with Crippen LogP contribution in [0.4, 0.5) is 11.4 Å². The second-order valence-electron chi connectivity index (χ2n) is 11.2. The first-order chi connectivity index (χ1) is 19.7. The first-order valence-electron chi connectivity index (χ1n) is 14.7. The van der Waals surface area contributed by atoms with Gasteiger partial charge in [-0.2, -0.15) is 0 Å². The minimum Gasteiger partial charge on any atom is -0.493 e. The van der Waals surface area contributed by atoms with E-state index in [2.05, 4.69) is 63.6 Å². The number of para-hydroxylation sites is 1. The number of nitrogens with one attached hydrogen (secondary N) is 3. The number of anilines is 2. The molecule has 4 rings (SSSR count). The molecular formula is C31H46ClN6O2P. The van der Waals surface area contributed by atoms with Crippen molar-refractivity contribution in [2.75, 3.05) is 63.3 Å². The fraction of sp³-hybridized carbons (Fsp3) is 0.516. The van der Waals surface area contributed by atoms with Crippen LogP contribution >= 0.6 is 18.7 Å². The highest BCUT2D eigenvalue weighted by molar-refractivity contribution is 7.70. The minimum atomic E-state index is -2.48. The zero-order chi connectivity index (χ0) is 29.4. The molecule has 1 atom stereocenters. The topological polar surface area (TPSA) is 81.2 Å². The van der Waals surface area contributed by atoms with Crippen molar-refractivity contribution in [1.29, 1.82) is 0 Å². The summed E-state index contributed by atoms with van der Waals surface area (Å²) in [6, 6.07) is 14.4. The number of allylic oxidation sites excluding steroid dienone is 1. The number of rotatable bonds is 13. The molecule has 2 aromatic rings. The monoisotopic (exact) mass is 600 g/mol. The molecular weight excluding hydrogens is 555 g/mol. The van der Waals surface area contributed by atoms with Gasteiger partial charge in [0.05, 0.1) is 17.3 Å². The summed E-state index contributed by atoms with van der Waals surface area (Å²) in [7, 11) is -2.48. The molecule has 1 fully saturated rings. The molecule has 0 bridgehead atoms. The molecule has 2 heterocycles. The number of hydrogen-bond donors (Lipinski definition) is 3. The smallest absolute Gasteiger partial charge is 0.195 e. The van der Waals surface area contributed by atoms with Gasteiger partial charge in [0.2, 0.25) is 0 Å². The average molecular weight is 601 g/mol. The molecule has 8 nitrogen and oxygen atoms in total. The zero-order valence-corrected chi connectivity index (χ0v) is 26.8. The fourth-order valence-electron chi connectivity index (χ4n) is 5.53. The summed E-state index contributed by atoms with van der Waals surface area (Å²) in [6.45, 7) is 16.5. The normalized spacial score (nSPS) is 18.5. The van der Waals surface area contributed by atoms with E-state index in [1.54, 1.807) is 19.5 Å². The first-order valence-corrected chi connectivity index (χ1v) is 17.7. The zero-order valence-electron chi connectivity index (χ0n) is 25.1. The summed E-state index contributed by atoms with van der Waals surface area (Å²) in [6.07, 6.45) is 4.70. The van der Waals surface area contributed by atoms with Crippen LogP contribution in [-0.4, -0.2) is 81.0 Å². The van der Waals surface area contributed by atoms with E-state index in [1.165, 1.54) is 25.9 Å². The highest BCUT2D eigenvalue weighted by Gasteiger charge is 2.23. The molecule has 0 saturated carbocycles. The van der Waals surface area contributed by atoms with Gasteiger partial charge < -0.3 is 35.1 Å². The van der Waals surface area contributed by atoms with E-state index in [0.29, 0.717) is 23.5 Å². The van der Waals surface area contributed by atoms with Gasteiger partial charge in [0.15, 0.2) is 6.29 Å². The molecule has 1 saturated heterocycles. The fourth-order valence-corrected chi connectivity index (χ4v) is 6.84. The third-order valence-corrected chi connectivity index (χ3v) is 9.58. The Morgan fingerprint density at radius 3 is 2.63 bits per heavy atom. The Balaban J connectivity index is 1.31. The SMILES string of the molecule is CCN1CCC(N(CC)CCCOc2cc(C)cc(NC3N=CC(Cl)=C(Nc4ccccc4P(C)(C)=O)N3)c2)CC1. The molecule has 41 heavy (non-hydrogen) atoms. The number of hydrogen-bond acceptors (Lipinski definition) is 8. The van der Waals surface area contributed by atoms with Crippen molar-refractivity contribution < 1.29 is 9.30 Å². The number of likely N-dealkylation sites (tertiary alicyclic amines) is 1. The van der Waals surface area contributed by atoms with Crippen molar-refractivity contribution in [3.8, 4) is 5.75 Å². The summed E-state index contributed by atoms with van der Waals surface area (Å²) >= 11 is 6.47. The lowest BCUT2D eigenvalue weighted by molar-refractivity contribution is 0.110. The Bertz CT molecular complexity index is 1270. The summed E-state index contributed by atoms with van der Waals surface area (Å²) in [5, 5.41) is 11.3. The maximum absolute atomic E-state index is 12.8. The van der Waals surface area contributed by atoms with Crippen LogP contribution in [0.1, 0.15) is 38.7 Å². The molecule has 3 N–H and O–H groups in total. The van der Waals surface area contributed by atoms with E-state index in [9.17, 15) is 4.57 Å². The first kappa shape index (κ1) is 31.4. The van der Waals surface area contributed by atoms with Gasteiger partial charge in [0.1, 0.15) is 18.7 Å². The van der Waals surface area contributed by atoms with E-state index < -0.39 is 13.4 Å². The maximum Gasteiger partial charge on any atom is 0.195 e. The largest absolute Gasteiger partial charge is 0.493 e. The van der Waals surface area contributed by atoms with Crippen LogP contribution in [0, 0.1) is 6.92 Å². The number of ether oxygens (including phenoxy) is 1. The van der Waals surface area contributed by atoms with Crippen molar-refractivity contribution in [2.24, 2.45) is 4.99 Å². The van der Waals surface area contributed by atoms with Crippen LogP contribution in [0.2, 0.25) is 0 Å². The van der Waals surface area contributed by atoms with Gasteiger partial charge in [-0.3, -0.25) is 0 Å². The Labute approximate surface area is 250 Å². The molecule has 10 heteroatoms. The van der Waals surface area contributed by atoms with Crippen molar-refractivity contribution >= 4 is 41.6 Å². The van der Waals surface area contributed by atoms with Gasteiger partial charge in [0.25, 0.3) is 0 Å². The van der Waals surface area contributed by atoms with Crippen molar-refractivity contribution in [3.05, 3.63) is 58.9 Å². The van der Waals surface area contributed by atoms with Gasteiger partial charge in [-0.1, -0.05) is 37.6 Å². The molecule has 2 aromatic carbocycles. The van der Waals surface area contributed by atoms with Crippen LogP contribution in [0.25, 0.3) is 0 Å². The Morgan fingerprint density at radius 2 is 1.93 bits per heavy atom. The van der Waals surface area contributed by atoms with Gasteiger partial charge in [-0.05, 0) is 95.5 Å². The molecule has 224 valence electrons. The van der Waals surface area contributed by atoms with Crippen LogP contribution in [0.15, 0.2) is 58.3 Å². The summed E-state index contributed by atoms with van der Waals surface area (Å²) in [5.41, 5.74) is 2.76. The number of aryl methyl sites for hydroxylation is 1. The van der Waals surface area contributed by atoms with E-state index >= 15 is 0 Å². The van der Waals surface area contributed by atoms with E-state index in [4.69, 9.17) is 16.3 Å². The molecule has 0 radical (unpaired) electrons. The number of halogens is 1. The van der Waals surface area contributed by atoms with E-state index in [0.717, 1.165) is 54.0 Å². The molecule has 2 aliphatic heterocycles. The second kappa shape index (κ2) is 14.6. The number of nitrogens with zero attached hydrogens (tertiary/aromatic N) is 3. The highest BCUT2D eigenvalue weighted by atomic mass is 35.5. The van der Waals surface area contributed by atoms with Gasteiger partial charge >= 0.3 is 0 Å². The lowest BCUT2D eigenvalue weighted by Crippen LogP contribution is -2.45. The summed E-state index contributed by atoms with van der Waals surface area (Å²) in [5.74, 6) is 1.44. The minimum absolute atomic E-state index is 0.436. The lowest BCUT2D eigenvalue weighted by atomic mass is 10.0. The predicted octanol–water partition coefficient (Wildman–Crippen LogP) is 5.71. The third kappa shape index (κ3) is 8.99. The predicted molar refractivity (Wildman–Crippen MR) is 175 cm³/mol. The van der Waals surface area contributed by atoms with Crippen LogP contribution in [0.5, 0.6) is 5.75 Å². The van der Waals surface area contributed by atoms with Crippen LogP contribution < -0.4 is 26.0 Å².